The Morgan fingerprint density at radius 3 is 3.12 bits per heavy atom. The van der Waals surface area contributed by atoms with Crippen molar-refractivity contribution in [3.8, 4) is 5.75 Å². The Morgan fingerprint density at radius 2 is 2.35 bits per heavy atom. The zero-order valence-electron chi connectivity index (χ0n) is 9.90. The molecule has 1 N–H and O–H groups in total. The van der Waals surface area contributed by atoms with E-state index in [1.165, 1.54) is 18.2 Å². The van der Waals surface area contributed by atoms with E-state index < -0.39 is 0 Å². The highest BCUT2D eigenvalue weighted by Gasteiger charge is 2.60. The third-order valence-electron chi connectivity index (χ3n) is 4.26. The van der Waals surface area contributed by atoms with Crippen molar-refractivity contribution in [2.24, 2.45) is 5.92 Å². The molecule has 0 aliphatic heterocycles. The molecular formula is C14H16O3. The fourth-order valence-corrected chi connectivity index (χ4v) is 3.31. The molecule has 2 atom stereocenters. The fraction of sp³-hybridized carbons (Fsp3) is 0.500. The Morgan fingerprint density at radius 1 is 1.53 bits per heavy atom. The number of hydrogen-bond donors (Lipinski definition) is 1. The van der Waals surface area contributed by atoms with Crippen LogP contribution in [0.15, 0.2) is 18.2 Å². The molecule has 0 heterocycles. The molecule has 1 aromatic carbocycles. The maximum Gasteiger partial charge on any atom is 0.309 e. The summed E-state index contributed by atoms with van der Waals surface area (Å²) >= 11 is 0. The van der Waals surface area contributed by atoms with Gasteiger partial charge in [-0.3, -0.25) is 4.79 Å². The topological polar surface area (TPSA) is 46.5 Å². The van der Waals surface area contributed by atoms with E-state index in [0.717, 1.165) is 25.7 Å². The Hall–Kier alpha value is -1.51. The van der Waals surface area contributed by atoms with E-state index in [9.17, 15) is 9.90 Å². The van der Waals surface area contributed by atoms with E-state index in [4.69, 9.17) is 4.74 Å². The van der Waals surface area contributed by atoms with Crippen LogP contribution in [0.3, 0.4) is 0 Å². The van der Waals surface area contributed by atoms with E-state index in [-0.39, 0.29) is 17.3 Å². The van der Waals surface area contributed by atoms with Gasteiger partial charge in [0.15, 0.2) is 0 Å². The van der Waals surface area contributed by atoms with Gasteiger partial charge in [-0.05, 0) is 48.9 Å². The molecule has 0 bridgehead atoms. The Bertz CT molecular complexity index is 480. The van der Waals surface area contributed by atoms with Crippen LogP contribution in [0.4, 0.5) is 0 Å². The molecule has 0 saturated heterocycles. The van der Waals surface area contributed by atoms with Crippen LogP contribution in [-0.4, -0.2) is 18.2 Å². The summed E-state index contributed by atoms with van der Waals surface area (Å²) in [6, 6.07) is 5.54. The Kier molecular flexibility index (Phi) is 2.18. The third-order valence-corrected chi connectivity index (χ3v) is 4.26. The van der Waals surface area contributed by atoms with Crippen LogP contribution < -0.4 is 0 Å². The lowest BCUT2D eigenvalue weighted by Crippen LogP contribution is -2.21. The smallest absolute Gasteiger partial charge is 0.309 e. The maximum absolute atomic E-state index is 11.7. The average molecular weight is 232 g/mol. The lowest BCUT2D eigenvalue weighted by molar-refractivity contribution is -0.142. The molecule has 0 aromatic heterocycles. The van der Waals surface area contributed by atoms with Gasteiger partial charge < -0.3 is 9.84 Å². The number of carbonyl (C=O) groups is 1. The number of aryl methyl sites for hydroxylation is 1. The molecule has 17 heavy (non-hydrogen) atoms. The number of methoxy groups -OCH3 is 1. The predicted octanol–water partition coefficient (Wildman–Crippen LogP) is 2.16. The molecule has 1 saturated carbocycles. The van der Waals surface area contributed by atoms with E-state index in [1.54, 1.807) is 6.07 Å². The van der Waals surface area contributed by atoms with E-state index in [1.807, 2.05) is 12.1 Å². The summed E-state index contributed by atoms with van der Waals surface area (Å²) in [5, 5.41) is 9.61. The van der Waals surface area contributed by atoms with Crippen LogP contribution >= 0.6 is 0 Å². The minimum absolute atomic E-state index is 0.00616. The number of phenolic OH excluding ortho intramolecular Hbond substituents is 1. The van der Waals surface area contributed by atoms with Crippen LogP contribution in [0.5, 0.6) is 5.75 Å². The van der Waals surface area contributed by atoms with Crippen molar-refractivity contribution >= 4 is 5.97 Å². The number of ether oxygens (including phenoxy) is 1. The van der Waals surface area contributed by atoms with Gasteiger partial charge >= 0.3 is 5.97 Å². The summed E-state index contributed by atoms with van der Waals surface area (Å²) in [5.74, 6) is 0.176. The van der Waals surface area contributed by atoms with Gasteiger partial charge in [-0.1, -0.05) is 6.07 Å². The van der Waals surface area contributed by atoms with Gasteiger partial charge in [0.2, 0.25) is 0 Å². The summed E-state index contributed by atoms with van der Waals surface area (Å²) in [7, 11) is 1.44. The largest absolute Gasteiger partial charge is 0.508 e. The van der Waals surface area contributed by atoms with Crippen LogP contribution in [0.1, 0.15) is 30.4 Å². The SMILES string of the molecule is COC(=O)[C@H]1C[C@@]12CCCc1ccc(O)cc12. The molecule has 3 heteroatoms. The second-order valence-electron chi connectivity index (χ2n) is 5.13. The molecule has 3 nitrogen and oxygen atoms in total. The monoisotopic (exact) mass is 232 g/mol. The van der Waals surface area contributed by atoms with Gasteiger partial charge in [-0.2, -0.15) is 0 Å². The Labute approximate surface area is 100 Å². The molecular weight excluding hydrogens is 216 g/mol. The summed E-state index contributed by atoms with van der Waals surface area (Å²) in [5.41, 5.74) is 2.40. The van der Waals surface area contributed by atoms with Gasteiger partial charge in [0.05, 0.1) is 13.0 Å². The zero-order valence-corrected chi connectivity index (χ0v) is 9.90. The van der Waals surface area contributed by atoms with Gasteiger partial charge in [-0.15, -0.1) is 0 Å². The summed E-state index contributed by atoms with van der Waals surface area (Å²) in [6.07, 6.45) is 4.07. The number of fused-ring (bicyclic) bond motifs is 2. The quantitative estimate of drug-likeness (QED) is 0.755. The van der Waals surface area contributed by atoms with E-state index in [0.29, 0.717) is 5.75 Å². The van der Waals surface area contributed by atoms with Crippen molar-refractivity contribution in [3.05, 3.63) is 29.3 Å². The number of aromatic hydroxyl groups is 1. The zero-order chi connectivity index (χ0) is 12.0. The van der Waals surface area contributed by atoms with Crippen LogP contribution in [-0.2, 0) is 21.4 Å². The molecule has 1 spiro atoms. The number of rotatable bonds is 1. The van der Waals surface area contributed by atoms with Crippen molar-refractivity contribution in [3.63, 3.8) is 0 Å². The molecule has 2 aliphatic carbocycles. The van der Waals surface area contributed by atoms with Crippen LogP contribution in [0.25, 0.3) is 0 Å². The minimum Gasteiger partial charge on any atom is -0.508 e. The van der Waals surface area contributed by atoms with Crippen LogP contribution in [0, 0.1) is 5.92 Å². The second kappa shape index (κ2) is 3.49. The molecule has 0 amide bonds. The fourth-order valence-electron chi connectivity index (χ4n) is 3.31. The molecule has 0 unspecified atom stereocenters. The molecule has 0 radical (unpaired) electrons. The highest BCUT2D eigenvalue weighted by Crippen LogP contribution is 2.61. The van der Waals surface area contributed by atoms with Crippen molar-refractivity contribution < 1.29 is 14.6 Å². The standard InChI is InChI=1S/C14H16O3/c1-17-13(16)12-8-14(12)6-2-3-9-4-5-10(15)7-11(9)14/h4-5,7,12,15H,2-3,6,8H2,1H3/t12-,14-/m1/s1. The van der Waals surface area contributed by atoms with Gasteiger partial charge in [0, 0.05) is 5.41 Å². The normalized spacial score (nSPS) is 29.8. The molecule has 1 aromatic rings. The van der Waals surface area contributed by atoms with E-state index >= 15 is 0 Å². The molecule has 90 valence electrons. The lowest BCUT2D eigenvalue weighted by Gasteiger charge is -2.26. The van der Waals surface area contributed by atoms with Gasteiger partial charge in [0.1, 0.15) is 5.75 Å². The number of hydrogen-bond acceptors (Lipinski definition) is 3. The first-order valence-corrected chi connectivity index (χ1v) is 6.07. The van der Waals surface area contributed by atoms with Gasteiger partial charge in [0.25, 0.3) is 0 Å². The molecule has 3 rings (SSSR count). The van der Waals surface area contributed by atoms with Crippen molar-refractivity contribution in [2.45, 2.75) is 31.1 Å². The first-order chi connectivity index (χ1) is 8.17. The second-order valence-corrected chi connectivity index (χ2v) is 5.13. The lowest BCUT2D eigenvalue weighted by atomic mass is 9.78. The highest BCUT2D eigenvalue weighted by molar-refractivity contribution is 5.79. The molecule has 2 aliphatic rings. The number of carbonyl (C=O) groups excluding carboxylic acids is 1. The van der Waals surface area contributed by atoms with E-state index in [2.05, 4.69) is 0 Å². The number of benzene rings is 1. The van der Waals surface area contributed by atoms with Crippen molar-refractivity contribution in [1.82, 2.24) is 0 Å². The summed E-state index contributed by atoms with van der Waals surface area (Å²) in [4.78, 5) is 11.7. The average Bonchev–Trinajstić information content (AvgIpc) is 3.05. The maximum atomic E-state index is 11.7. The first-order valence-electron chi connectivity index (χ1n) is 6.07. The first kappa shape index (κ1) is 10.6. The van der Waals surface area contributed by atoms with Crippen molar-refractivity contribution in [1.29, 1.82) is 0 Å². The summed E-state index contributed by atoms with van der Waals surface area (Å²) in [6.45, 7) is 0. The van der Waals surface area contributed by atoms with Crippen molar-refractivity contribution in [2.75, 3.05) is 7.11 Å². The Balaban J connectivity index is 2.01. The summed E-state index contributed by atoms with van der Waals surface area (Å²) < 4.78 is 4.85. The molecule has 1 fully saturated rings. The predicted molar refractivity (Wildman–Crippen MR) is 62.8 cm³/mol. The third kappa shape index (κ3) is 1.45. The number of phenols is 1. The minimum atomic E-state index is -0.110. The van der Waals surface area contributed by atoms with Crippen LogP contribution in [0.2, 0.25) is 0 Å². The van der Waals surface area contributed by atoms with Gasteiger partial charge in [-0.25, -0.2) is 0 Å². The number of esters is 1. The highest BCUT2D eigenvalue weighted by atomic mass is 16.5.